The van der Waals surface area contributed by atoms with Crippen LogP contribution < -0.4 is 0 Å². The molecule has 26 heavy (non-hydrogen) atoms. The third-order valence-electron chi connectivity index (χ3n) is 4.52. The Labute approximate surface area is 153 Å². The molecule has 7 heteroatoms. The first-order valence-electron chi connectivity index (χ1n) is 8.86. The van der Waals surface area contributed by atoms with Crippen molar-refractivity contribution in [2.45, 2.75) is 46.1 Å². The Kier molecular flexibility index (Phi) is 6.69. The van der Waals surface area contributed by atoms with E-state index in [0.29, 0.717) is 17.7 Å². The van der Waals surface area contributed by atoms with Crippen molar-refractivity contribution in [3.63, 3.8) is 0 Å². The van der Waals surface area contributed by atoms with Crippen molar-refractivity contribution in [1.29, 1.82) is 0 Å². The maximum atomic E-state index is 13.3. The zero-order valence-corrected chi connectivity index (χ0v) is 15.6. The lowest BCUT2D eigenvalue weighted by Crippen LogP contribution is -2.49. The van der Waals surface area contributed by atoms with Crippen LogP contribution in [0.5, 0.6) is 0 Å². The molecule has 2 rings (SSSR count). The van der Waals surface area contributed by atoms with Gasteiger partial charge in [-0.05, 0) is 31.5 Å². The third-order valence-corrected chi connectivity index (χ3v) is 4.52. The Morgan fingerprint density at radius 3 is 2.23 bits per heavy atom. The summed E-state index contributed by atoms with van der Waals surface area (Å²) >= 11 is 0. The molecule has 1 aliphatic rings. The number of aliphatic imine (C=N–C) groups is 1. The zero-order valence-electron chi connectivity index (χ0n) is 15.6. The summed E-state index contributed by atoms with van der Waals surface area (Å²) in [5, 5.41) is 1.34. The second kappa shape index (κ2) is 8.39. The fraction of sp³-hybridized carbons (Fsp3) is 0.579. The van der Waals surface area contributed by atoms with E-state index in [1.807, 2.05) is 27.7 Å². The molecule has 1 aliphatic heterocycles. The molecule has 0 saturated heterocycles. The van der Waals surface area contributed by atoms with E-state index in [-0.39, 0.29) is 17.8 Å². The molecular weight excluding hydrogens is 343 g/mol. The van der Waals surface area contributed by atoms with Crippen LogP contribution in [0.25, 0.3) is 0 Å². The van der Waals surface area contributed by atoms with E-state index in [9.17, 15) is 13.2 Å². The number of nitrogens with zero attached hydrogens (tertiary/aromatic N) is 3. The fourth-order valence-electron chi connectivity index (χ4n) is 2.85. The van der Waals surface area contributed by atoms with Gasteiger partial charge in [-0.2, -0.15) is 13.2 Å². The molecule has 144 valence electrons. The number of rotatable bonds is 7. The van der Waals surface area contributed by atoms with Crippen molar-refractivity contribution in [3.8, 4) is 0 Å². The number of hydroxylamine groups is 2. The Morgan fingerprint density at radius 2 is 1.77 bits per heavy atom. The first-order chi connectivity index (χ1) is 12.2. The van der Waals surface area contributed by atoms with E-state index in [1.54, 1.807) is 24.3 Å². The van der Waals surface area contributed by atoms with Gasteiger partial charge in [0.2, 0.25) is 0 Å². The predicted octanol–water partition coefficient (Wildman–Crippen LogP) is 3.99. The Morgan fingerprint density at radius 1 is 1.19 bits per heavy atom. The highest BCUT2D eigenvalue weighted by Crippen LogP contribution is 2.32. The molecule has 2 radical (unpaired) electrons. The van der Waals surface area contributed by atoms with E-state index < -0.39 is 12.4 Å². The number of hydrogen-bond donors (Lipinski definition) is 0. The maximum Gasteiger partial charge on any atom is 0.437 e. The minimum absolute atomic E-state index is 0.0709. The van der Waals surface area contributed by atoms with E-state index in [1.165, 1.54) is 5.06 Å². The van der Waals surface area contributed by atoms with Gasteiger partial charge in [0.15, 0.2) is 5.84 Å². The Hall–Kier alpha value is -1.60. The van der Waals surface area contributed by atoms with Crippen LogP contribution in [0, 0.1) is 12.8 Å². The van der Waals surface area contributed by atoms with Crippen LogP contribution in [0.4, 0.5) is 13.2 Å². The van der Waals surface area contributed by atoms with Crippen molar-refractivity contribution >= 4 is 5.84 Å². The molecule has 1 aromatic carbocycles. The number of likely N-dealkylation sites (N-methyl/N-ethyl adjacent to an activating group) is 1. The highest BCUT2D eigenvalue weighted by atomic mass is 19.4. The van der Waals surface area contributed by atoms with Crippen LogP contribution in [-0.2, 0) is 4.84 Å². The number of benzene rings is 1. The second-order valence-corrected chi connectivity index (χ2v) is 6.70. The SMILES string of the molecule is [CH]c1ccc(C2=NC(C(F)(F)F)ON2C(CN(CC)CC)C(C)C)cc1. The summed E-state index contributed by atoms with van der Waals surface area (Å²) in [5.41, 5.74) is 1.09. The monoisotopic (exact) mass is 369 g/mol. The number of alkyl halides is 3. The van der Waals surface area contributed by atoms with Crippen molar-refractivity contribution < 1.29 is 18.0 Å². The van der Waals surface area contributed by atoms with Gasteiger partial charge in [-0.1, -0.05) is 52.0 Å². The van der Waals surface area contributed by atoms with Gasteiger partial charge in [-0.15, -0.1) is 0 Å². The fourth-order valence-corrected chi connectivity index (χ4v) is 2.85. The predicted molar refractivity (Wildman–Crippen MR) is 95.6 cm³/mol. The summed E-state index contributed by atoms with van der Waals surface area (Å²) in [4.78, 5) is 11.3. The summed E-state index contributed by atoms with van der Waals surface area (Å²) in [5.74, 6) is 0.264. The molecule has 2 unspecified atom stereocenters. The smallest absolute Gasteiger partial charge is 0.302 e. The minimum atomic E-state index is -4.56. The average Bonchev–Trinajstić information content (AvgIpc) is 3.01. The normalized spacial score (nSPS) is 19.4. The van der Waals surface area contributed by atoms with Crippen molar-refractivity contribution in [3.05, 3.63) is 42.3 Å². The molecule has 0 bridgehead atoms. The van der Waals surface area contributed by atoms with Crippen LogP contribution in [0.15, 0.2) is 29.3 Å². The summed E-state index contributed by atoms with van der Waals surface area (Å²) in [6.07, 6.45) is -6.75. The molecular formula is C19H26F3N3O. The molecule has 1 aromatic rings. The van der Waals surface area contributed by atoms with Crippen molar-refractivity contribution in [2.24, 2.45) is 10.9 Å². The van der Waals surface area contributed by atoms with Crippen LogP contribution in [0.2, 0.25) is 0 Å². The standard InChI is InChI=1S/C19H26F3N3O/c1-6-24(7-2)12-16(13(3)4)25-17(15-10-8-14(5)9-11-15)23-18(26-25)19(20,21)22/h5,8-11,13,16,18H,6-7,12H2,1-4H3. The molecule has 1 heterocycles. The van der Waals surface area contributed by atoms with Crippen molar-refractivity contribution in [1.82, 2.24) is 9.96 Å². The summed E-state index contributed by atoms with van der Waals surface area (Å²) in [6.45, 7) is 15.9. The maximum absolute atomic E-state index is 13.3. The quantitative estimate of drug-likeness (QED) is 0.727. The molecule has 0 spiro atoms. The number of halogens is 3. The van der Waals surface area contributed by atoms with Gasteiger partial charge in [-0.25, -0.2) is 14.9 Å². The lowest BCUT2D eigenvalue weighted by Gasteiger charge is -2.35. The van der Waals surface area contributed by atoms with Gasteiger partial charge >= 0.3 is 6.18 Å². The van der Waals surface area contributed by atoms with Crippen molar-refractivity contribution in [2.75, 3.05) is 19.6 Å². The lowest BCUT2D eigenvalue weighted by molar-refractivity contribution is -0.272. The van der Waals surface area contributed by atoms with Crippen LogP contribution in [-0.4, -0.2) is 53.9 Å². The van der Waals surface area contributed by atoms with Gasteiger partial charge in [0.05, 0.1) is 6.04 Å². The molecule has 0 N–H and O–H groups in total. The number of hydrogen-bond acceptors (Lipinski definition) is 4. The first kappa shape index (κ1) is 20.7. The van der Waals surface area contributed by atoms with Crippen LogP contribution in [0.3, 0.4) is 0 Å². The van der Waals surface area contributed by atoms with E-state index in [4.69, 9.17) is 11.8 Å². The molecule has 4 nitrogen and oxygen atoms in total. The van der Waals surface area contributed by atoms with Crippen LogP contribution in [0.1, 0.15) is 38.8 Å². The Balaban J connectivity index is 2.39. The van der Waals surface area contributed by atoms with Gasteiger partial charge in [0.1, 0.15) is 0 Å². The molecule has 0 amide bonds. The summed E-state index contributed by atoms with van der Waals surface area (Å²) < 4.78 is 39.8. The average molecular weight is 369 g/mol. The molecule has 0 fully saturated rings. The largest absolute Gasteiger partial charge is 0.437 e. The van der Waals surface area contributed by atoms with E-state index >= 15 is 0 Å². The minimum Gasteiger partial charge on any atom is -0.302 e. The van der Waals surface area contributed by atoms with Gasteiger partial charge in [0, 0.05) is 12.1 Å². The molecule has 0 aromatic heterocycles. The Bertz CT molecular complexity index is 609. The van der Waals surface area contributed by atoms with Gasteiger partial charge < -0.3 is 4.90 Å². The van der Waals surface area contributed by atoms with E-state index in [2.05, 4.69) is 9.89 Å². The van der Waals surface area contributed by atoms with Gasteiger partial charge in [0.25, 0.3) is 6.23 Å². The van der Waals surface area contributed by atoms with Crippen LogP contribution >= 0.6 is 0 Å². The zero-order chi connectivity index (χ0) is 19.5. The molecule has 0 aliphatic carbocycles. The molecule has 2 atom stereocenters. The third kappa shape index (κ3) is 4.76. The topological polar surface area (TPSA) is 28.1 Å². The summed E-state index contributed by atoms with van der Waals surface area (Å²) in [6, 6.07) is 6.35. The van der Waals surface area contributed by atoms with E-state index in [0.717, 1.165) is 13.1 Å². The highest BCUT2D eigenvalue weighted by Gasteiger charge is 2.48. The lowest BCUT2D eigenvalue weighted by atomic mass is 10.0. The van der Waals surface area contributed by atoms with Gasteiger partial charge in [-0.3, -0.25) is 0 Å². The second-order valence-electron chi connectivity index (χ2n) is 6.70. The number of amidine groups is 1. The first-order valence-corrected chi connectivity index (χ1v) is 8.86. The molecule has 0 saturated carbocycles. The summed E-state index contributed by atoms with van der Waals surface area (Å²) in [7, 11) is 0. The highest BCUT2D eigenvalue weighted by molar-refractivity contribution is 5.99.